The van der Waals surface area contributed by atoms with Gasteiger partial charge >= 0.3 is 6.18 Å². The molecule has 5 aliphatic rings. The van der Waals surface area contributed by atoms with Crippen molar-refractivity contribution in [2.24, 2.45) is 29.6 Å². The zero-order valence-electron chi connectivity index (χ0n) is 22.1. The van der Waals surface area contributed by atoms with Crippen LogP contribution in [-0.4, -0.2) is 97.0 Å². The monoisotopic (exact) mass is 564 g/mol. The number of halogens is 3. The molecule has 12 heteroatoms. The van der Waals surface area contributed by atoms with Crippen molar-refractivity contribution in [2.75, 3.05) is 45.1 Å². The summed E-state index contributed by atoms with van der Waals surface area (Å²) < 4.78 is 69.9. The number of fused-ring (bicyclic) bond motifs is 1. The van der Waals surface area contributed by atoms with Crippen LogP contribution in [-0.2, 0) is 14.8 Å². The van der Waals surface area contributed by atoms with Crippen LogP contribution in [0.1, 0.15) is 64.2 Å². The number of aliphatic hydroxyl groups excluding tert-OH is 1. The lowest BCUT2D eigenvalue weighted by atomic mass is 9.74. The van der Waals surface area contributed by atoms with Crippen molar-refractivity contribution in [1.82, 2.24) is 19.6 Å². The molecule has 4 saturated heterocycles. The van der Waals surface area contributed by atoms with Crippen LogP contribution in [0, 0.1) is 29.6 Å². The Bertz CT molecular complexity index is 937. The van der Waals surface area contributed by atoms with Crippen LogP contribution < -0.4 is 5.43 Å². The number of amides is 1. The van der Waals surface area contributed by atoms with Gasteiger partial charge in [-0.2, -0.15) is 13.2 Å². The number of likely N-dealkylation sites (tertiary alicyclic amines) is 1. The predicted octanol–water partition coefficient (Wildman–Crippen LogP) is 2.60. The van der Waals surface area contributed by atoms with Crippen molar-refractivity contribution in [3.8, 4) is 0 Å². The van der Waals surface area contributed by atoms with Crippen molar-refractivity contribution in [3.05, 3.63) is 0 Å². The maximum atomic E-state index is 14.1. The highest BCUT2D eigenvalue weighted by atomic mass is 32.2. The molecule has 218 valence electrons. The summed E-state index contributed by atoms with van der Waals surface area (Å²) in [6.45, 7) is 2.03. The van der Waals surface area contributed by atoms with E-state index in [1.807, 2.05) is 0 Å². The number of hydrogen-bond acceptors (Lipinski definition) is 6. The SMILES string of the molecule is O=C(C1C2CC(C3CCN(S(=O)(=O)CC4CCCCC4)CC3)CCN2NC1C(F)(F)F)N1CCC(CO)C1. The third-order valence-electron chi connectivity index (χ3n) is 9.99. The van der Waals surface area contributed by atoms with E-state index in [-0.39, 0.29) is 36.0 Å². The Morgan fingerprint density at radius 2 is 1.58 bits per heavy atom. The van der Waals surface area contributed by atoms with Gasteiger partial charge in [-0.25, -0.2) is 23.2 Å². The predicted molar refractivity (Wildman–Crippen MR) is 136 cm³/mol. The first-order chi connectivity index (χ1) is 18.1. The summed E-state index contributed by atoms with van der Waals surface area (Å²) in [6, 6.07) is -2.44. The summed E-state index contributed by atoms with van der Waals surface area (Å²) in [6.07, 6.45) is 4.14. The van der Waals surface area contributed by atoms with Crippen molar-refractivity contribution >= 4 is 15.9 Å². The second-order valence-corrected chi connectivity index (χ2v) is 14.4. The Morgan fingerprint density at radius 1 is 0.895 bits per heavy atom. The van der Waals surface area contributed by atoms with Gasteiger partial charge in [0.1, 0.15) is 6.04 Å². The average molecular weight is 565 g/mol. The molecule has 5 unspecified atom stereocenters. The molecule has 38 heavy (non-hydrogen) atoms. The summed E-state index contributed by atoms with van der Waals surface area (Å²) in [5.41, 5.74) is 2.63. The molecule has 8 nitrogen and oxygen atoms in total. The van der Waals surface area contributed by atoms with Gasteiger partial charge in [0.05, 0.1) is 11.7 Å². The molecule has 4 aliphatic heterocycles. The third kappa shape index (κ3) is 6.04. The van der Waals surface area contributed by atoms with E-state index in [0.29, 0.717) is 45.6 Å². The zero-order valence-corrected chi connectivity index (χ0v) is 22.9. The second kappa shape index (κ2) is 11.5. The number of nitrogens with one attached hydrogen (secondary N) is 1. The van der Waals surface area contributed by atoms with Gasteiger partial charge in [0, 0.05) is 51.3 Å². The summed E-state index contributed by atoms with van der Waals surface area (Å²) in [5, 5.41) is 11.1. The Kier molecular flexibility index (Phi) is 8.65. The summed E-state index contributed by atoms with van der Waals surface area (Å²) in [4.78, 5) is 14.9. The lowest BCUT2D eigenvalue weighted by Crippen LogP contribution is -2.50. The first-order valence-electron chi connectivity index (χ1n) is 14.5. The average Bonchev–Trinajstić information content (AvgIpc) is 3.53. The molecule has 0 spiro atoms. The highest BCUT2D eigenvalue weighted by Gasteiger charge is 2.59. The molecule has 4 heterocycles. The van der Waals surface area contributed by atoms with Crippen molar-refractivity contribution < 1.29 is 31.5 Å². The van der Waals surface area contributed by atoms with Crippen LogP contribution in [0.4, 0.5) is 13.2 Å². The summed E-state index contributed by atoms with van der Waals surface area (Å²) >= 11 is 0. The second-order valence-electron chi connectivity index (χ2n) is 12.4. The van der Waals surface area contributed by atoms with Gasteiger partial charge in [0.25, 0.3) is 0 Å². The van der Waals surface area contributed by atoms with Crippen LogP contribution in [0.25, 0.3) is 0 Å². The number of hydrogen-bond donors (Lipinski definition) is 2. The normalized spacial score (nSPS) is 35.1. The molecule has 1 amide bonds. The molecule has 1 saturated carbocycles. The van der Waals surface area contributed by atoms with E-state index in [2.05, 4.69) is 5.43 Å². The fraction of sp³-hybridized carbons (Fsp3) is 0.962. The number of hydrazine groups is 1. The van der Waals surface area contributed by atoms with E-state index >= 15 is 0 Å². The van der Waals surface area contributed by atoms with Crippen molar-refractivity contribution in [1.29, 1.82) is 0 Å². The minimum Gasteiger partial charge on any atom is -0.396 e. The fourth-order valence-electron chi connectivity index (χ4n) is 7.80. The van der Waals surface area contributed by atoms with E-state index in [4.69, 9.17) is 0 Å². The van der Waals surface area contributed by atoms with E-state index in [1.54, 1.807) is 9.31 Å². The molecule has 0 bridgehead atoms. The topological polar surface area (TPSA) is 93.2 Å². The van der Waals surface area contributed by atoms with Gasteiger partial charge in [-0.15, -0.1) is 0 Å². The lowest BCUT2D eigenvalue weighted by molar-refractivity contribution is -0.172. The van der Waals surface area contributed by atoms with Crippen LogP contribution in [0.15, 0.2) is 0 Å². The first kappa shape index (κ1) is 28.6. The standard InChI is InChI=1S/C26H43F3N4O4S/c27-26(28,29)24-23(25(35)31-10-6-19(15-31)16-34)22-14-21(9-13-33(22)30-24)20-7-11-32(12-8-20)38(36,37)17-18-4-2-1-3-5-18/h18-24,30,34H,1-17H2. The first-order valence-corrected chi connectivity index (χ1v) is 16.1. The zero-order chi connectivity index (χ0) is 27.1. The van der Waals surface area contributed by atoms with Crippen molar-refractivity contribution in [3.63, 3.8) is 0 Å². The number of carbonyl (C=O) groups excluding carboxylic acids is 1. The van der Waals surface area contributed by atoms with E-state index in [1.165, 1.54) is 11.3 Å². The van der Waals surface area contributed by atoms with Crippen LogP contribution in [0.3, 0.4) is 0 Å². The molecule has 5 fully saturated rings. The molecule has 0 radical (unpaired) electrons. The number of alkyl halides is 3. The van der Waals surface area contributed by atoms with Crippen molar-refractivity contribution in [2.45, 2.75) is 82.5 Å². The highest BCUT2D eigenvalue weighted by Crippen LogP contribution is 2.44. The van der Waals surface area contributed by atoms with Gasteiger partial charge < -0.3 is 10.0 Å². The van der Waals surface area contributed by atoms with E-state index in [9.17, 15) is 31.5 Å². The number of aliphatic hydroxyl groups is 1. The Morgan fingerprint density at radius 3 is 2.21 bits per heavy atom. The highest BCUT2D eigenvalue weighted by molar-refractivity contribution is 7.89. The maximum Gasteiger partial charge on any atom is 0.406 e. The minimum atomic E-state index is -4.54. The fourth-order valence-corrected chi connectivity index (χ4v) is 9.70. The van der Waals surface area contributed by atoms with Gasteiger partial charge in [0.15, 0.2) is 0 Å². The van der Waals surface area contributed by atoms with Gasteiger partial charge in [-0.05, 0) is 62.7 Å². The minimum absolute atomic E-state index is 0.0674. The summed E-state index contributed by atoms with van der Waals surface area (Å²) in [5.74, 6) is -0.826. The summed E-state index contributed by atoms with van der Waals surface area (Å²) in [7, 11) is -3.29. The maximum absolute atomic E-state index is 14.1. The molecular weight excluding hydrogens is 521 g/mol. The quantitative estimate of drug-likeness (QED) is 0.515. The van der Waals surface area contributed by atoms with E-state index in [0.717, 1.165) is 44.9 Å². The third-order valence-corrected chi connectivity index (χ3v) is 12.0. The van der Waals surface area contributed by atoms with Gasteiger partial charge in [-0.1, -0.05) is 19.3 Å². The molecule has 2 N–H and O–H groups in total. The van der Waals surface area contributed by atoms with Gasteiger partial charge in [-0.3, -0.25) is 4.79 Å². The molecule has 0 aromatic rings. The Labute approximate surface area is 224 Å². The van der Waals surface area contributed by atoms with Crippen LogP contribution in [0.2, 0.25) is 0 Å². The molecule has 5 atom stereocenters. The number of sulfonamides is 1. The Balaban J connectivity index is 1.22. The molecule has 0 aromatic heterocycles. The Hall–Kier alpha value is -0.950. The molecule has 0 aromatic carbocycles. The van der Waals surface area contributed by atoms with Crippen LogP contribution >= 0.6 is 0 Å². The molecule has 1 aliphatic carbocycles. The number of piperidine rings is 2. The largest absolute Gasteiger partial charge is 0.406 e. The van der Waals surface area contributed by atoms with Crippen LogP contribution in [0.5, 0.6) is 0 Å². The van der Waals surface area contributed by atoms with E-state index < -0.39 is 40.1 Å². The lowest BCUT2D eigenvalue weighted by Gasteiger charge is -2.42. The van der Waals surface area contributed by atoms with Gasteiger partial charge in [0.2, 0.25) is 15.9 Å². The number of nitrogens with zero attached hydrogens (tertiary/aromatic N) is 3. The molecular formula is C26H43F3N4O4S. The number of rotatable bonds is 6. The smallest absolute Gasteiger partial charge is 0.396 e. The molecule has 5 rings (SSSR count). The number of carbonyl (C=O) groups is 1.